The molecule has 1 aromatic rings. The van der Waals surface area contributed by atoms with Crippen LogP contribution in [0.4, 0.5) is 0 Å². The average molecular weight is 378 g/mol. The number of carboxylic acids is 1. The zero-order valence-corrected chi connectivity index (χ0v) is 14.2. The molecule has 4 nitrogen and oxygen atoms in total. The first-order chi connectivity index (χ1) is 9.44. The van der Waals surface area contributed by atoms with Crippen molar-refractivity contribution in [3.63, 3.8) is 0 Å². The molecule has 0 aromatic carbocycles. The zero-order valence-electron chi connectivity index (χ0n) is 11.0. The van der Waals surface area contributed by atoms with Gasteiger partial charge < -0.3 is 10.4 Å². The van der Waals surface area contributed by atoms with Crippen LogP contribution in [0.3, 0.4) is 0 Å². The molecule has 1 aliphatic heterocycles. The summed E-state index contributed by atoms with van der Waals surface area (Å²) in [6.07, 6.45) is 0.971. The van der Waals surface area contributed by atoms with Crippen molar-refractivity contribution in [1.29, 1.82) is 0 Å². The van der Waals surface area contributed by atoms with Crippen LogP contribution in [0.25, 0.3) is 0 Å². The smallest absolute Gasteiger partial charge is 0.329 e. The summed E-state index contributed by atoms with van der Waals surface area (Å²) in [6, 6.07) is 3.79. The highest BCUT2D eigenvalue weighted by atomic mass is 79.9. The van der Waals surface area contributed by atoms with Crippen LogP contribution in [0, 0.1) is 0 Å². The van der Waals surface area contributed by atoms with Gasteiger partial charge in [0.25, 0.3) is 0 Å². The normalized spacial score (nSPS) is 19.3. The highest BCUT2D eigenvalue weighted by Gasteiger charge is 2.42. The average Bonchev–Trinajstić information content (AvgIpc) is 2.85. The fourth-order valence-corrected chi connectivity index (χ4v) is 4.81. The Balaban J connectivity index is 2.10. The molecule has 1 amide bonds. The largest absolute Gasteiger partial charge is 0.480 e. The fraction of sp³-hybridized carbons (Fsp3) is 0.538. The Morgan fingerprint density at radius 2 is 2.05 bits per heavy atom. The summed E-state index contributed by atoms with van der Waals surface area (Å²) in [7, 11) is 0. The third-order valence-corrected chi connectivity index (χ3v) is 6.32. The molecule has 0 aliphatic carbocycles. The minimum absolute atomic E-state index is 0.214. The lowest BCUT2D eigenvalue weighted by atomic mass is 9.91. The lowest BCUT2D eigenvalue weighted by Crippen LogP contribution is -2.57. The van der Waals surface area contributed by atoms with Gasteiger partial charge in [-0.25, -0.2) is 4.79 Å². The third-order valence-electron chi connectivity index (χ3n) is 3.53. The Bertz CT molecular complexity index is 511. The van der Waals surface area contributed by atoms with Gasteiger partial charge in [-0.1, -0.05) is 0 Å². The second kappa shape index (κ2) is 6.49. The number of thiophene rings is 1. The minimum Gasteiger partial charge on any atom is -0.480 e. The SMILES string of the molecule is CC(C(=O)NC1(C(=O)O)CCSCC1)c1ccc(Br)s1. The molecule has 1 aromatic heterocycles. The molecule has 2 N–H and O–H groups in total. The number of nitrogens with one attached hydrogen (secondary N) is 1. The fourth-order valence-electron chi connectivity index (χ4n) is 2.15. The van der Waals surface area contributed by atoms with Crippen LogP contribution in [0.15, 0.2) is 15.9 Å². The van der Waals surface area contributed by atoms with Crippen molar-refractivity contribution >= 4 is 50.9 Å². The molecule has 1 atom stereocenters. The molecular formula is C13H16BrNO3S2. The summed E-state index contributed by atoms with van der Waals surface area (Å²) in [6.45, 7) is 1.81. The maximum atomic E-state index is 12.3. The molecule has 2 rings (SSSR count). The number of carbonyl (C=O) groups excluding carboxylic acids is 1. The van der Waals surface area contributed by atoms with E-state index in [1.165, 1.54) is 11.3 Å². The van der Waals surface area contributed by atoms with Crippen LogP contribution < -0.4 is 5.32 Å². The molecule has 0 saturated carbocycles. The standard InChI is InChI=1S/C13H16BrNO3S2/c1-8(9-2-3-10(14)20-9)11(16)15-13(12(17)18)4-6-19-7-5-13/h2-3,8H,4-7H2,1H3,(H,15,16)(H,17,18). The lowest BCUT2D eigenvalue weighted by molar-refractivity contribution is -0.148. The molecule has 0 bridgehead atoms. The maximum Gasteiger partial charge on any atom is 0.329 e. The van der Waals surface area contributed by atoms with Gasteiger partial charge in [0, 0.05) is 4.88 Å². The Hall–Kier alpha value is -0.530. The quantitative estimate of drug-likeness (QED) is 0.845. The van der Waals surface area contributed by atoms with Gasteiger partial charge in [-0.05, 0) is 59.3 Å². The Kier molecular flexibility index (Phi) is 5.14. The Labute approximate surface area is 134 Å². The second-order valence-electron chi connectivity index (χ2n) is 4.85. The van der Waals surface area contributed by atoms with Crippen molar-refractivity contribution in [2.75, 3.05) is 11.5 Å². The first-order valence-electron chi connectivity index (χ1n) is 6.33. The van der Waals surface area contributed by atoms with E-state index in [9.17, 15) is 14.7 Å². The monoisotopic (exact) mass is 377 g/mol. The van der Waals surface area contributed by atoms with Crippen molar-refractivity contribution < 1.29 is 14.7 Å². The Morgan fingerprint density at radius 3 is 2.55 bits per heavy atom. The van der Waals surface area contributed by atoms with E-state index in [1.54, 1.807) is 18.7 Å². The van der Waals surface area contributed by atoms with Crippen LogP contribution in [-0.4, -0.2) is 34.0 Å². The first-order valence-corrected chi connectivity index (χ1v) is 9.09. The Morgan fingerprint density at radius 1 is 1.40 bits per heavy atom. The van der Waals surface area contributed by atoms with E-state index in [-0.39, 0.29) is 11.8 Å². The number of hydrogen-bond acceptors (Lipinski definition) is 4. The molecule has 1 fully saturated rings. The van der Waals surface area contributed by atoms with Crippen molar-refractivity contribution in [3.05, 3.63) is 20.8 Å². The van der Waals surface area contributed by atoms with E-state index in [1.807, 2.05) is 12.1 Å². The van der Waals surface area contributed by atoms with E-state index in [4.69, 9.17) is 0 Å². The van der Waals surface area contributed by atoms with Gasteiger partial charge in [0.05, 0.1) is 9.70 Å². The van der Waals surface area contributed by atoms with Crippen LogP contribution in [0.1, 0.15) is 30.6 Å². The first kappa shape index (κ1) is 15.9. The summed E-state index contributed by atoms with van der Waals surface area (Å²) in [5, 5.41) is 12.2. The molecular weight excluding hydrogens is 362 g/mol. The third kappa shape index (κ3) is 3.38. The molecule has 20 heavy (non-hydrogen) atoms. The highest BCUT2D eigenvalue weighted by Crippen LogP contribution is 2.31. The molecule has 2 heterocycles. The topological polar surface area (TPSA) is 66.4 Å². The van der Waals surface area contributed by atoms with Gasteiger partial charge >= 0.3 is 5.97 Å². The van der Waals surface area contributed by atoms with E-state index >= 15 is 0 Å². The van der Waals surface area contributed by atoms with E-state index < -0.39 is 11.5 Å². The summed E-state index contributed by atoms with van der Waals surface area (Å²) in [5.74, 6) is 0.0632. The van der Waals surface area contributed by atoms with Crippen molar-refractivity contribution in [3.8, 4) is 0 Å². The molecule has 1 aliphatic rings. The van der Waals surface area contributed by atoms with Gasteiger partial charge in [-0.15, -0.1) is 11.3 Å². The number of carbonyl (C=O) groups is 2. The lowest BCUT2D eigenvalue weighted by Gasteiger charge is -2.34. The van der Waals surface area contributed by atoms with Gasteiger partial charge in [0.15, 0.2) is 0 Å². The van der Waals surface area contributed by atoms with Crippen molar-refractivity contribution in [1.82, 2.24) is 5.32 Å². The van der Waals surface area contributed by atoms with E-state index in [0.29, 0.717) is 12.8 Å². The number of hydrogen-bond donors (Lipinski definition) is 2. The number of amides is 1. The maximum absolute atomic E-state index is 12.3. The van der Waals surface area contributed by atoms with Crippen molar-refractivity contribution in [2.24, 2.45) is 0 Å². The minimum atomic E-state index is -1.09. The predicted octanol–water partition coefficient (Wildman–Crippen LogP) is 3.08. The number of rotatable bonds is 4. The number of halogens is 1. The van der Waals surface area contributed by atoms with Crippen LogP contribution in [0.5, 0.6) is 0 Å². The van der Waals surface area contributed by atoms with Crippen molar-refractivity contribution in [2.45, 2.75) is 31.2 Å². The number of thioether (sulfide) groups is 1. The van der Waals surface area contributed by atoms with Crippen LogP contribution >= 0.6 is 39.0 Å². The highest BCUT2D eigenvalue weighted by molar-refractivity contribution is 9.11. The number of carboxylic acid groups (broad SMARTS) is 1. The molecule has 110 valence electrons. The number of aliphatic carboxylic acids is 1. The second-order valence-corrected chi connectivity index (χ2v) is 8.57. The summed E-state index contributed by atoms with van der Waals surface area (Å²) < 4.78 is 0.967. The van der Waals surface area contributed by atoms with Crippen LogP contribution in [-0.2, 0) is 9.59 Å². The van der Waals surface area contributed by atoms with E-state index in [0.717, 1.165) is 20.2 Å². The molecule has 7 heteroatoms. The van der Waals surface area contributed by atoms with Gasteiger partial charge in [0.1, 0.15) is 5.54 Å². The molecule has 0 spiro atoms. The van der Waals surface area contributed by atoms with Gasteiger partial charge in [0.2, 0.25) is 5.91 Å². The van der Waals surface area contributed by atoms with Crippen LogP contribution in [0.2, 0.25) is 0 Å². The molecule has 1 saturated heterocycles. The zero-order chi connectivity index (χ0) is 14.8. The summed E-state index contributed by atoms with van der Waals surface area (Å²) >= 11 is 6.60. The molecule has 0 radical (unpaired) electrons. The molecule has 1 unspecified atom stereocenters. The predicted molar refractivity (Wildman–Crippen MR) is 85.5 cm³/mol. The summed E-state index contributed by atoms with van der Waals surface area (Å²) in [5.41, 5.74) is -1.09. The van der Waals surface area contributed by atoms with E-state index in [2.05, 4.69) is 21.2 Å². The van der Waals surface area contributed by atoms with Gasteiger partial charge in [-0.3, -0.25) is 4.79 Å². The van der Waals surface area contributed by atoms with Gasteiger partial charge in [-0.2, -0.15) is 11.8 Å². The summed E-state index contributed by atoms with van der Waals surface area (Å²) in [4.78, 5) is 24.8.